The molecule has 0 aliphatic carbocycles. The monoisotopic (exact) mass is 308 g/mol. The van der Waals surface area contributed by atoms with Gasteiger partial charge in [-0.2, -0.15) is 0 Å². The lowest BCUT2D eigenvalue weighted by Crippen LogP contribution is -2.19. The van der Waals surface area contributed by atoms with Gasteiger partial charge in [0, 0.05) is 29.3 Å². The Bertz CT molecular complexity index is 715. The molecule has 21 heavy (non-hydrogen) atoms. The maximum atomic E-state index is 12.0. The van der Waals surface area contributed by atoms with E-state index < -0.39 is 10.0 Å². The molecule has 1 aromatic heterocycles. The Morgan fingerprint density at radius 2 is 1.81 bits per heavy atom. The van der Waals surface area contributed by atoms with E-state index in [-0.39, 0.29) is 11.7 Å². The Morgan fingerprint density at radius 3 is 2.43 bits per heavy atom. The van der Waals surface area contributed by atoms with Crippen LogP contribution in [-0.4, -0.2) is 18.7 Å². The van der Waals surface area contributed by atoms with Gasteiger partial charge in [-0.05, 0) is 36.1 Å². The fourth-order valence-corrected chi connectivity index (χ4v) is 3.92. The number of hydrogen-bond donors (Lipinski definition) is 1. The van der Waals surface area contributed by atoms with E-state index in [0.29, 0.717) is 11.6 Å². The van der Waals surface area contributed by atoms with E-state index in [4.69, 9.17) is 0 Å². The standard InChI is InChI=1S/C16H24N2O2S/c1-12(2)10-18-8-7-14-9-15(5-6-16(14)18)17-21(19,20)11-13(3)4/h5-9,12-13,17H,10-11H2,1-4H3. The van der Waals surface area contributed by atoms with Crippen LogP contribution < -0.4 is 4.72 Å². The molecule has 0 aliphatic rings. The molecule has 0 radical (unpaired) electrons. The highest BCUT2D eigenvalue weighted by Gasteiger charge is 2.13. The van der Waals surface area contributed by atoms with Gasteiger partial charge in [-0.15, -0.1) is 0 Å². The van der Waals surface area contributed by atoms with Crippen LogP contribution in [0, 0.1) is 11.8 Å². The lowest BCUT2D eigenvalue weighted by Gasteiger charge is -2.11. The average molecular weight is 308 g/mol. The summed E-state index contributed by atoms with van der Waals surface area (Å²) in [4.78, 5) is 0. The van der Waals surface area contributed by atoms with E-state index in [2.05, 4.69) is 29.3 Å². The molecule has 5 heteroatoms. The van der Waals surface area contributed by atoms with Crippen molar-refractivity contribution in [3.63, 3.8) is 0 Å². The van der Waals surface area contributed by atoms with Crippen molar-refractivity contribution in [2.24, 2.45) is 11.8 Å². The van der Waals surface area contributed by atoms with Crippen molar-refractivity contribution < 1.29 is 8.42 Å². The maximum Gasteiger partial charge on any atom is 0.232 e. The quantitative estimate of drug-likeness (QED) is 0.884. The number of nitrogens with zero attached hydrogens (tertiary/aromatic N) is 1. The Labute approximate surface area is 127 Å². The number of hydrogen-bond acceptors (Lipinski definition) is 2. The second kappa shape index (κ2) is 6.10. The molecule has 116 valence electrons. The Hall–Kier alpha value is -1.49. The lowest BCUT2D eigenvalue weighted by atomic mass is 10.2. The molecule has 0 spiro atoms. The van der Waals surface area contributed by atoms with Crippen molar-refractivity contribution >= 4 is 26.6 Å². The first-order valence-electron chi connectivity index (χ1n) is 7.36. The molecule has 1 aromatic carbocycles. The largest absolute Gasteiger partial charge is 0.347 e. The first kappa shape index (κ1) is 15.9. The molecule has 0 amide bonds. The molecular weight excluding hydrogens is 284 g/mol. The molecule has 0 bridgehead atoms. The molecular formula is C16H24N2O2S. The van der Waals surface area contributed by atoms with Gasteiger partial charge in [0.05, 0.1) is 5.75 Å². The van der Waals surface area contributed by atoms with Gasteiger partial charge in [0.15, 0.2) is 0 Å². The predicted molar refractivity (Wildman–Crippen MR) is 89.0 cm³/mol. The summed E-state index contributed by atoms with van der Waals surface area (Å²) in [5, 5.41) is 1.06. The van der Waals surface area contributed by atoms with Crippen molar-refractivity contribution in [2.45, 2.75) is 34.2 Å². The van der Waals surface area contributed by atoms with Crippen LogP contribution in [0.3, 0.4) is 0 Å². The van der Waals surface area contributed by atoms with Crippen molar-refractivity contribution in [1.29, 1.82) is 0 Å². The summed E-state index contributed by atoms with van der Waals surface area (Å²) in [6, 6.07) is 7.73. The lowest BCUT2D eigenvalue weighted by molar-refractivity contribution is 0.535. The number of aromatic nitrogens is 1. The van der Waals surface area contributed by atoms with E-state index in [1.165, 1.54) is 0 Å². The molecule has 4 nitrogen and oxygen atoms in total. The van der Waals surface area contributed by atoms with Gasteiger partial charge in [0.1, 0.15) is 0 Å². The van der Waals surface area contributed by atoms with E-state index >= 15 is 0 Å². The first-order chi connectivity index (χ1) is 9.77. The van der Waals surface area contributed by atoms with Crippen LogP contribution >= 0.6 is 0 Å². The zero-order chi connectivity index (χ0) is 15.6. The highest BCUT2D eigenvalue weighted by atomic mass is 32.2. The van der Waals surface area contributed by atoms with Crippen LogP contribution in [0.15, 0.2) is 30.5 Å². The average Bonchev–Trinajstić information content (AvgIpc) is 2.68. The van der Waals surface area contributed by atoms with E-state index in [9.17, 15) is 8.42 Å². The molecule has 0 atom stereocenters. The third-order valence-corrected chi connectivity index (χ3v) is 4.81. The molecule has 0 saturated carbocycles. The summed E-state index contributed by atoms with van der Waals surface area (Å²) >= 11 is 0. The highest BCUT2D eigenvalue weighted by Crippen LogP contribution is 2.22. The number of fused-ring (bicyclic) bond motifs is 1. The van der Waals surface area contributed by atoms with Gasteiger partial charge in [-0.3, -0.25) is 4.72 Å². The summed E-state index contributed by atoms with van der Waals surface area (Å²) in [5.74, 6) is 0.822. The fraction of sp³-hybridized carbons (Fsp3) is 0.500. The third kappa shape index (κ3) is 4.24. The minimum Gasteiger partial charge on any atom is -0.347 e. The van der Waals surface area contributed by atoms with Gasteiger partial charge in [-0.1, -0.05) is 27.7 Å². The summed E-state index contributed by atoms with van der Waals surface area (Å²) in [7, 11) is -3.27. The van der Waals surface area contributed by atoms with Crippen LogP contribution in [0.1, 0.15) is 27.7 Å². The smallest absolute Gasteiger partial charge is 0.232 e. The molecule has 1 N–H and O–H groups in total. The summed E-state index contributed by atoms with van der Waals surface area (Å²) in [6.45, 7) is 9.12. The molecule has 0 fully saturated rings. The Kier molecular flexibility index (Phi) is 4.61. The summed E-state index contributed by atoms with van der Waals surface area (Å²) < 4.78 is 28.8. The van der Waals surface area contributed by atoms with E-state index in [0.717, 1.165) is 17.4 Å². The highest BCUT2D eigenvalue weighted by molar-refractivity contribution is 7.92. The summed E-state index contributed by atoms with van der Waals surface area (Å²) in [5.41, 5.74) is 1.76. The van der Waals surface area contributed by atoms with Crippen molar-refractivity contribution in [1.82, 2.24) is 4.57 Å². The number of sulfonamides is 1. The van der Waals surface area contributed by atoms with Gasteiger partial charge in [0.25, 0.3) is 0 Å². The molecule has 0 aliphatic heterocycles. The van der Waals surface area contributed by atoms with Crippen LogP contribution in [0.2, 0.25) is 0 Å². The first-order valence-corrected chi connectivity index (χ1v) is 9.01. The SMILES string of the molecule is CC(C)Cn1ccc2cc(NS(=O)(=O)CC(C)C)ccc21. The second-order valence-corrected chi connectivity index (χ2v) is 8.18. The molecule has 2 rings (SSSR count). The molecule has 0 unspecified atom stereocenters. The topological polar surface area (TPSA) is 51.1 Å². The molecule has 1 heterocycles. The number of anilines is 1. The predicted octanol–water partition coefficient (Wildman–Crippen LogP) is 3.70. The van der Waals surface area contributed by atoms with Crippen LogP contribution in [-0.2, 0) is 16.6 Å². The number of rotatable bonds is 6. The van der Waals surface area contributed by atoms with Crippen molar-refractivity contribution in [2.75, 3.05) is 10.5 Å². The van der Waals surface area contributed by atoms with Crippen LogP contribution in [0.5, 0.6) is 0 Å². The molecule has 2 aromatic rings. The minimum atomic E-state index is -3.27. The minimum absolute atomic E-state index is 0.110. The van der Waals surface area contributed by atoms with Crippen molar-refractivity contribution in [3.8, 4) is 0 Å². The number of benzene rings is 1. The Balaban J connectivity index is 2.24. The van der Waals surface area contributed by atoms with Crippen LogP contribution in [0.25, 0.3) is 10.9 Å². The Morgan fingerprint density at radius 1 is 1.10 bits per heavy atom. The van der Waals surface area contributed by atoms with Gasteiger partial charge >= 0.3 is 0 Å². The zero-order valence-electron chi connectivity index (χ0n) is 13.1. The third-order valence-electron chi connectivity index (χ3n) is 3.16. The van der Waals surface area contributed by atoms with Gasteiger partial charge < -0.3 is 4.57 Å². The second-order valence-electron chi connectivity index (χ2n) is 6.41. The number of nitrogens with one attached hydrogen (secondary N) is 1. The van der Waals surface area contributed by atoms with E-state index in [1.807, 2.05) is 38.1 Å². The van der Waals surface area contributed by atoms with Gasteiger partial charge in [0.2, 0.25) is 10.0 Å². The summed E-state index contributed by atoms with van der Waals surface area (Å²) in [6.07, 6.45) is 2.05. The maximum absolute atomic E-state index is 12.0. The van der Waals surface area contributed by atoms with E-state index in [1.54, 1.807) is 0 Å². The van der Waals surface area contributed by atoms with Crippen LogP contribution in [0.4, 0.5) is 5.69 Å². The normalized spacial score (nSPS) is 12.5. The zero-order valence-corrected chi connectivity index (χ0v) is 13.9. The van der Waals surface area contributed by atoms with Crippen molar-refractivity contribution in [3.05, 3.63) is 30.5 Å². The van der Waals surface area contributed by atoms with Gasteiger partial charge in [-0.25, -0.2) is 8.42 Å². The molecule has 0 saturated heterocycles. The fourth-order valence-electron chi connectivity index (χ4n) is 2.48.